The highest BCUT2D eigenvalue weighted by Crippen LogP contribution is 2.28. The van der Waals surface area contributed by atoms with Gasteiger partial charge in [-0.2, -0.15) is 0 Å². The van der Waals surface area contributed by atoms with Crippen LogP contribution in [0.5, 0.6) is 0 Å². The van der Waals surface area contributed by atoms with Gasteiger partial charge in [0.05, 0.1) is 11.2 Å². The number of β-amino-alcohol motifs (C(OH)–C–C–N with tert-alkyl or cyclic N) is 2. The Bertz CT molecular complexity index is 357. The molecule has 3 nitrogen and oxygen atoms in total. The molecule has 0 radical (unpaired) electrons. The predicted octanol–water partition coefficient (Wildman–Crippen LogP) is 1.39. The van der Waals surface area contributed by atoms with Crippen molar-refractivity contribution < 1.29 is 10.2 Å². The van der Waals surface area contributed by atoms with Crippen LogP contribution in [0, 0.1) is 0 Å². The van der Waals surface area contributed by atoms with Crippen LogP contribution in [0.2, 0.25) is 0 Å². The molecule has 2 rings (SSSR count). The Morgan fingerprint density at radius 3 is 2.12 bits per heavy atom. The number of nitrogens with zero attached hydrogens (tertiary/aromatic N) is 1. The standard InChI is InChI=1S/C14H21NO2/c1-13(16)9-14(2,17)11-15(10-13)8-12-6-4-3-5-7-12/h3-7,16-17H,8-11H2,1-2H3. The molecule has 0 aliphatic carbocycles. The number of hydrogen-bond donors (Lipinski definition) is 2. The molecule has 1 fully saturated rings. The highest BCUT2D eigenvalue weighted by molar-refractivity contribution is 5.15. The maximum Gasteiger partial charge on any atom is 0.0773 e. The Labute approximate surface area is 103 Å². The van der Waals surface area contributed by atoms with E-state index >= 15 is 0 Å². The van der Waals surface area contributed by atoms with E-state index in [1.165, 1.54) is 5.56 Å². The van der Waals surface area contributed by atoms with E-state index in [0.29, 0.717) is 19.5 Å². The second kappa shape index (κ2) is 4.41. The van der Waals surface area contributed by atoms with Gasteiger partial charge >= 0.3 is 0 Å². The Hall–Kier alpha value is -0.900. The lowest BCUT2D eigenvalue weighted by molar-refractivity contribution is -0.116. The summed E-state index contributed by atoms with van der Waals surface area (Å²) in [5.74, 6) is 0. The summed E-state index contributed by atoms with van der Waals surface area (Å²) in [4.78, 5) is 2.11. The number of piperidine rings is 1. The van der Waals surface area contributed by atoms with Crippen LogP contribution >= 0.6 is 0 Å². The normalized spacial score (nSPS) is 34.8. The van der Waals surface area contributed by atoms with Gasteiger partial charge in [0.25, 0.3) is 0 Å². The summed E-state index contributed by atoms with van der Waals surface area (Å²) >= 11 is 0. The highest BCUT2D eigenvalue weighted by Gasteiger charge is 2.40. The lowest BCUT2D eigenvalue weighted by Gasteiger charge is -2.44. The van der Waals surface area contributed by atoms with E-state index < -0.39 is 11.2 Å². The first-order chi connectivity index (χ1) is 7.86. The first kappa shape index (κ1) is 12.6. The van der Waals surface area contributed by atoms with E-state index in [1.807, 2.05) is 18.2 Å². The van der Waals surface area contributed by atoms with Crippen molar-refractivity contribution in [1.29, 1.82) is 0 Å². The van der Waals surface area contributed by atoms with Gasteiger partial charge < -0.3 is 10.2 Å². The lowest BCUT2D eigenvalue weighted by atomic mass is 9.84. The largest absolute Gasteiger partial charge is 0.389 e. The Kier molecular flexibility index (Phi) is 3.25. The molecular formula is C14H21NO2. The molecule has 0 bridgehead atoms. The topological polar surface area (TPSA) is 43.7 Å². The van der Waals surface area contributed by atoms with Gasteiger partial charge in [0.15, 0.2) is 0 Å². The van der Waals surface area contributed by atoms with E-state index in [4.69, 9.17) is 0 Å². The van der Waals surface area contributed by atoms with Crippen LogP contribution in [0.4, 0.5) is 0 Å². The summed E-state index contributed by atoms with van der Waals surface area (Å²) in [6.07, 6.45) is 0.436. The fourth-order valence-corrected chi connectivity index (χ4v) is 2.91. The average Bonchev–Trinajstić information content (AvgIpc) is 2.13. The smallest absolute Gasteiger partial charge is 0.0773 e. The zero-order valence-electron chi connectivity index (χ0n) is 10.6. The van der Waals surface area contributed by atoms with Crippen LogP contribution in [-0.4, -0.2) is 39.4 Å². The number of likely N-dealkylation sites (tertiary alicyclic amines) is 1. The van der Waals surface area contributed by atoms with E-state index in [-0.39, 0.29) is 0 Å². The van der Waals surface area contributed by atoms with Crippen molar-refractivity contribution in [2.24, 2.45) is 0 Å². The maximum atomic E-state index is 10.2. The van der Waals surface area contributed by atoms with Gasteiger partial charge in [-0.25, -0.2) is 0 Å². The van der Waals surface area contributed by atoms with E-state index in [1.54, 1.807) is 13.8 Å². The monoisotopic (exact) mass is 235 g/mol. The third kappa shape index (κ3) is 3.53. The average molecular weight is 235 g/mol. The van der Waals surface area contributed by atoms with Gasteiger partial charge in [0, 0.05) is 26.1 Å². The van der Waals surface area contributed by atoms with Crippen molar-refractivity contribution >= 4 is 0 Å². The summed E-state index contributed by atoms with van der Waals surface area (Å²) in [6, 6.07) is 10.1. The fraction of sp³-hybridized carbons (Fsp3) is 0.571. The first-order valence-electron chi connectivity index (χ1n) is 6.07. The Morgan fingerprint density at radius 2 is 1.59 bits per heavy atom. The van der Waals surface area contributed by atoms with Gasteiger partial charge in [-0.15, -0.1) is 0 Å². The van der Waals surface area contributed by atoms with Crippen molar-refractivity contribution in [3.8, 4) is 0 Å². The number of aliphatic hydroxyl groups is 2. The maximum absolute atomic E-state index is 10.2. The molecule has 17 heavy (non-hydrogen) atoms. The molecule has 1 aliphatic heterocycles. The SMILES string of the molecule is CC1(O)CN(Cc2ccccc2)CC(C)(O)C1. The van der Waals surface area contributed by atoms with Crippen LogP contribution in [0.15, 0.2) is 30.3 Å². The molecule has 0 spiro atoms. The first-order valence-corrected chi connectivity index (χ1v) is 6.07. The molecule has 3 heteroatoms. The minimum atomic E-state index is -0.809. The molecule has 0 saturated carbocycles. The molecule has 1 aromatic carbocycles. The molecule has 1 heterocycles. The van der Waals surface area contributed by atoms with Gasteiger partial charge in [-0.1, -0.05) is 30.3 Å². The van der Waals surface area contributed by atoms with Crippen molar-refractivity contribution in [1.82, 2.24) is 4.90 Å². The summed E-state index contributed by atoms with van der Waals surface area (Å²) in [6.45, 7) is 5.57. The molecule has 0 aromatic heterocycles. The van der Waals surface area contributed by atoms with Crippen LogP contribution in [0.1, 0.15) is 25.8 Å². The minimum Gasteiger partial charge on any atom is -0.389 e. The third-order valence-electron chi connectivity index (χ3n) is 3.14. The second-order valence-electron chi connectivity index (χ2n) is 5.80. The van der Waals surface area contributed by atoms with Gasteiger partial charge in [-0.05, 0) is 19.4 Å². The van der Waals surface area contributed by atoms with E-state index in [2.05, 4.69) is 17.0 Å². The van der Waals surface area contributed by atoms with Crippen LogP contribution in [0.3, 0.4) is 0 Å². The molecule has 1 aliphatic rings. The third-order valence-corrected chi connectivity index (χ3v) is 3.14. The number of benzene rings is 1. The van der Waals surface area contributed by atoms with Crippen LogP contribution in [0.25, 0.3) is 0 Å². The molecule has 2 atom stereocenters. The van der Waals surface area contributed by atoms with Crippen molar-refractivity contribution in [3.63, 3.8) is 0 Å². The molecule has 0 amide bonds. The summed E-state index contributed by atoms with van der Waals surface area (Å²) < 4.78 is 0. The molecule has 2 N–H and O–H groups in total. The summed E-state index contributed by atoms with van der Waals surface area (Å²) in [7, 11) is 0. The quantitative estimate of drug-likeness (QED) is 0.814. The van der Waals surface area contributed by atoms with Crippen molar-refractivity contribution in [2.45, 2.75) is 38.0 Å². The fourth-order valence-electron chi connectivity index (χ4n) is 2.91. The molecule has 94 valence electrons. The highest BCUT2D eigenvalue weighted by atomic mass is 16.3. The van der Waals surface area contributed by atoms with Crippen molar-refractivity contribution in [2.75, 3.05) is 13.1 Å². The minimum absolute atomic E-state index is 0.436. The predicted molar refractivity (Wildman–Crippen MR) is 67.6 cm³/mol. The zero-order chi connectivity index (χ0) is 12.5. The number of rotatable bonds is 2. The second-order valence-corrected chi connectivity index (χ2v) is 5.80. The van der Waals surface area contributed by atoms with Crippen molar-refractivity contribution in [3.05, 3.63) is 35.9 Å². The number of hydrogen-bond acceptors (Lipinski definition) is 3. The van der Waals surface area contributed by atoms with Gasteiger partial charge in [0.1, 0.15) is 0 Å². The molecule has 2 unspecified atom stereocenters. The van der Waals surface area contributed by atoms with Crippen LogP contribution in [-0.2, 0) is 6.54 Å². The summed E-state index contributed by atoms with van der Waals surface area (Å²) in [5, 5.41) is 20.3. The summed E-state index contributed by atoms with van der Waals surface area (Å²) in [5.41, 5.74) is -0.409. The van der Waals surface area contributed by atoms with Crippen LogP contribution < -0.4 is 0 Å². The molecule has 1 saturated heterocycles. The van der Waals surface area contributed by atoms with E-state index in [9.17, 15) is 10.2 Å². The molecule has 1 aromatic rings. The van der Waals surface area contributed by atoms with Gasteiger partial charge in [-0.3, -0.25) is 4.90 Å². The molecular weight excluding hydrogens is 214 g/mol. The Balaban J connectivity index is 2.06. The Morgan fingerprint density at radius 1 is 1.06 bits per heavy atom. The zero-order valence-corrected chi connectivity index (χ0v) is 10.6. The van der Waals surface area contributed by atoms with E-state index in [0.717, 1.165) is 6.54 Å². The lowest BCUT2D eigenvalue weighted by Crippen LogP contribution is -2.56. The van der Waals surface area contributed by atoms with Gasteiger partial charge in [0.2, 0.25) is 0 Å².